The number of furan rings is 1. The number of carbonyl (C=O) groups excluding carboxylic acids is 2. The molecule has 170 valence electrons. The lowest BCUT2D eigenvalue weighted by Crippen LogP contribution is -2.46. The summed E-state index contributed by atoms with van der Waals surface area (Å²) in [5.41, 5.74) is 3.94. The number of nitrogens with one attached hydrogen (secondary N) is 1. The molecule has 0 radical (unpaired) electrons. The Kier molecular flexibility index (Phi) is 6.23. The molecule has 1 N–H and O–H groups in total. The quantitative estimate of drug-likeness (QED) is 0.498. The van der Waals surface area contributed by atoms with E-state index in [4.69, 9.17) is 16.0 Å². The Bertz CT molecular complexity index is 1130. The molecule has 2 aliphatic rings. The Hall–Kier alpha value is -3.05. The molecule has 5 rings (SSSR count). The average Bonchev–Trinajstić information content (AvgIpc) is 3.60. The van der Waals surface area contributed by atoms with Crippen molar-refractivity contribution < 1.29 is 14.0 Å². The molecule has 6 heteroatoms. The van der Waals surface area contributed by atoms with Gasteiger partial charge in [0.2, 0.25) is 5.91 Å². The van der Waals surface area contributed by atoms with Crippen LogP contribution >= 0.6 is 11.6 Å². The van der Waals surface area contributed by atoms with E-state index in [1.54, 1.807) is 29.2 Å². The Labute approximate surface area is 198 Å². The highest BCUT2D eigenvalue weighted by Gasteiger charge is 2.36. The van der Waals surface area contributed by atoms with Gasteiger partial charge in [0.15, 0.2) is 5.76 Å². The summed E-state index contributed by atoms with van der Waals surface area (Å²) >= 11 is 6.14. The van der Waals surface area contributed by atoms with Gasteiger partial charge < -0.3 is 9.73 Å². The van der Waals surface area contributed by atoms with Crippen LogP contribution in [0.2, 0.25) is 5.02 Å². The van der Waals surface area contributed by atoms with Crippen LogP contribution in [-0.4, -0.2) is 17.9 Å². The van der Waals surface area contributed by atoms with Gasteiger partial charge in [0.05, 0.1) is 6.26 Å². The van der Waals surface area contributed by atoms with E-state index in [1.165, 1.54) is 17.4 Å². The van der Waals surface area contributed by atoms with Crippen molar-refractivity contribution in [3.63, 3.8) is 0 Å². The smallest absolute Gasteiger partial charge is 0.294 e. The van der Waals surface area contributed by atoms with E-state index in [0.717, 1.165) is 44.9 Å². The maximum absolute atomic E-state index is 13.8. The zero-order valence-corrected chi connectivity index (χ0v) is 19.2. The molecule has 2 aromatic carbocycles. The zero-order chi connectivity index (χ0) is 22.8. The molecule has 1 fully saturated rings. The van der Waals surface area contributed by atoms with Gasteiger partial charge in [0.1, 0.15) is 6.04 Å². The van der Waals surface area contributed by atoms with Crippen molar-refractivity contribution in [3.05, 3.63) is 88.3 Å². The van der Waals surface area contributed by atoms with Gasteiger partial charge in [-0.1, -0.05) is 42.6 Å². The molecule has 1 heterocycles. The van der Waals surface area contributed by atoms with Gasteiger partial charge in [-0.2, -0.15) is 0 Å². The topological polar surface area (TPSA) is 62.6 Å². The predicted molar refractivity (Wildman–Crippen MR) is 129 cm³/mol. The van der Waals surface area contributed by atoms with Crippen LogP contribution in [0.15, 0.2) is 65.3 Å². The van der Waals surface area contributed by atoms with Crippen molar-refractivity contribution in [3.8, 4) is 0 Å². The molecule has 1 saturated carbocycles. The van der Waals surface area contributed by atoms with Crippen molar-refractivity contribution >= 4 is 29.1 Å². The first-order valence-corrected chi connectivity index (χ1v) is 12.0. The summed E-state index contributed by atoms with van der Waals surface area (Å²) < 4.78 is 5.46. The van der Waals surface area contributed by atoms with Crippen molar-refractivity contribution in [2.45, 2.75) is 57.0 Å². The largest absolute Gasteiger partial charge is 0.459 e. The maximum Gasteiger partial charge on any atom is 0.294 e. The van der Waals surface area contributed by atoms with E-state index in [9.17, 15) is 9.59 Å². The van der Waals surface area contributed by atoms with Crippen molar-refractivity contribution in [2.24, 2.45) is 0 Å². The van der Waals surface area contributed by atoms with Gasteiger partial charge in [-0.3, -0.25) is 14.5 Å². The SMILES string of the molecule is O=C(NC1CCCC1)C(c1ccc(Cl)cc1)N(C(=O)c1ccco1)c1ccc2c(c1)CCC2. The summed E-state index contributed by atoms with van der Waals surface area (Å²) in [5, 5.41) is 3.78. The van der Waals surface area contributed by atoms with Crippen LogP contribution in [0.25, 0.3) is 0 Å². The number of hydrogen-bond acceptors (Lipinski definition) is 3. The van der Waals surface area contributed by atoms with Crippen LogP contribution in [-0.2, 0) is 17.6 Å². The average molecular weight is 463 g/mol. The van der Waals surface area contributed by atoms with E-state index in [0.29, 0.717) is 16.3 Å². The lowest BCUT2D eigenvalue weighted by Gasteiger charge is -2.32. The Morgan fingerprint density at radius 2 is 1.73 bits per heavy atom. The molecule has 0 bridgehead atoms. The first kappa shape index (κ1) is 21.8. The van der Waals surface area contributed by atoms with Gasteiger partial charge in [-0.05, 0) is 85.2 Å². The van der Waals surface area contributed by atoms with Crippen LogP contribution in [0.3, 0.4) is 0 Å². The normalized spacial score (nSPS) is 16.4. The summed E-state index contributed by atoms with van der Waals surface area (Å²) in [4.78, 5) is 29.1. The predicted octanol–water partition coefficient (Wildman–Crippen LogP) is 5.87. The Morgan fingerprint density at radius 3 is 2.45 bits per heavy atom. The van der Waals surface area contributed by atoms with Crippen molar-refractivity contribution in [1.29, 1.82) is 0 Å². The minimum Gasteiger partial charge on any atom is -0.459 e. The first-order chi connectivity index (χ1) is 16.1. The number of benzene rings is 2. The molecule has 0 saturated heterocycles. The standard InChI is InChI=1S/C27H27ClN2O3/c28-21-13-10-19(11-14-21)25(26(31)29-22-7-1-2-8-22)30(27(32)24-9-4-16-33-24)23-15-12-18-5-3-6-20(18)17-23/h4,9-17,22,25H,1-3,5-8H2,(H,29,31). The summed E-state index contributed by atoms with van der Waals surface area (Å²) in [6, 6.07) is 15.8. The number of nitrogens with zero attached hydrogens (tertiary/aromatic N) is 1. The molecule has 0 aliphatic heterocycles. The Morgan fingerprint density at radius 1 is 0.970 bits per heavy atom. The highest BCUT2D eigenvalue weighted by Crippen LogP contribution is 2.34. The van der Waals surface area contributed by atoms with Gasteiger partial charge in [-0.25, -0.2) is 0 Å². The fourth-order valence-corrected chi connectivity index (χ4v) is 5.15. The van der Waals surface area contributed by atoms with Crippen LogP contribution < -0.4 is 10.2 Å². The summed E-state index contributed by atoms with van der Waals surface area (Å²) in [5.74, 6) is -0.341. The molecular weight excluding hydrogens is 436 g/mol. The van der Waals surface area contributed by atoms with E-state index >= 15 is 0 Å². The first-order valence-electron chi connectivity index (χ1n) is 11.6. The van der Waals surface area contributed by atoms with Crippen LogP contribution in [0.5, 0.6) is 0 Å². The molecule has 1 atom stereocenters. The number of fused-ring (bicyclic) bond motifs is 1. The number of anilines is 1. The number of rotatable bonds is 6. The fourth-order valence-electron chi connectivity index (χ4n) is 5.02. The Balaban J connectivity index is 1.60. The molecule has 1 unspecified atom stereocenters. The van der Waals surface area contributed by atoms with Crippen LogP contribution in [0.4, 0.5) is 5.69 Å². The zero-order valence-electron chi connectivity index (χ0n) is 18.4. The summed E-state index contributed by atoms with van der Waals surface area (Å²) in [7, 11) is 0. The summed E-state index contributed by atoms with van der Waals surface area (Å²) in [6.45, 7) is 0. The van der Waals surface area contributed by atoms with E-state index < -0.39 is 6.04 Å². The lowest BCUT2D eigenvalue weighted by molar-refractivity contribution is -0.123. The minimum absolute atomic E-state index is 0.132. The third-order valence-electron chi connectivity index (χ3n) is 6.70. The van der Waals surface area contributed by atoms with Crippen molar-refractivity contribution in [2.75, 3.05) is 4.90 Å². The molecule has 3 aromatic rings. The fraction of sp³-hybridized carbons (Fsp3) is 0.333. The number of halogens is 1. The highest BCUT2D eigenvalue weighted by molar-refractivity contribution is 6.30. The third-order valence-corrected chi connectivity index (χ3v) is 6.96. The molecule has 1 aromatic heterocycles. The lowest BCUT2D eigenvalue weighted by atomic mass is 10.0. The van der Waals surface area contributed by atoms with Gasteiger partial charge in [0.25, 0.3) is 5.91 Å². The monoisotopic (exact) mass is 462 g/mol. The number of amides is 2. The molecule has 5 nitrogen and oxygen atoms in total. The highest BCUT2D eigenvalue weighted by atomic mass is 35.5. The second-order valence-corrected chi connectivity index (χ2v) is 9.34. The van der Waals surface area contributed by atoms with Gasteiger partial charge in [-0.15, -0.1) is 0 Å². The molecule has 2 amide bonds. The minimum atomic E-state index is -0.847. The maximum atomic E-state index is 13.8. The van der Waals surface area contributed by atoms with Crippen LogP contribution in [0, 0.1) is 0 Å². The van der Waals surface area contributed by atoms with E-state index in [-0.39, 0.29) is 23.6 Å². The second-order valence-electron chi connectivity index (χ2n) is 8.90. The van der Waals surface area contributed by atoms with E-state index in [1.807, 2.05) is 18.2 Å². The van der Waals surface area contributed by atoms with Crippen LogP contribution in [0.1, 0.15) is 65.4 Å². The molecule has 0 spiro atoms. The second kappa shape index (κ2) is 9.44. The van der Waals surface area contributed by atoms with E-state index in [2.05, 4.69) is 17.4 Å². The number of carbonyl (C=O) groups is 2. The molecule has 33 heavy (non-hydrogen) atoms. The molecule has 2 aliphatic carbocycles. The van der Waals surface area contributed by atoms with Crippen molar-refractivity contribution in [1.82, 2.24) is 5.32 Å². The van der Waals surface area contributed by atoms with Gasteiger partial charge in [0, 0.05) is 16.8 Å². The molecular formula is C27H27ClN2O3. The third kappa shape index (κ3) is 4.55. The van der Waals surface area contributed by atoms with Gasteiger partial charge >= 0.3 is 0 Å². The number of aryl methyl sites for hydroxylation is 2. The summed E-state index contributed by atoms with van der Waals surface area (Å²) in [6.07, 6.45) is 8.75. The number of hydrogen-bond donors (Lipinski definition) is 1.